The van der Waals surface area contributed by atoms with Crippen molar-refractivity contribution in [2.75, 3.05) is 0 Å². The van der Waals surface area contributed by atoms with Crippen LogP contribution in [0.1, 0.15) is 49.1 Å². The van der Waals surface area contributed by atoms with Crippen molar-refractivity contribution in [1.29, 1.82) is 0 Å². The molecule has 86 valence electrons. The summed E-state index contributed by atoms with van der Waals surface area (Å²) in [6.45, 7) is 0. The zero-order valence-electron chi connectivity index (χ0n) is 9.74. The molecule has 0 bridgehead atoms. The van der Waals surface area contributed by atoms with E-state index in [-0.39, 0.29) is 0 Å². The lowest BCUT2D eigenvalue weighted by Crippen LogP contribution is -2.06. The van der Waals surface area contributed by atoms with Crippen molar-refractivity contribution in [2.24, 2.45) is 0 Å². The molecule has 0 aromatic heterocycles. The minimum Gasteiger partial charge on any atom is -0.545 e. The summed E-state index contributed by atoms with van der Waals surface area (Å²) in [5.74, 6) is 0.741. The number of hydrogen-bond acceptors (Lipinski definition) is 2. The van der Waals surface area contributed by atoms with Gasteiger partial charge in [0.05, 0.1) is 0 Å². The van der Waals surface area contributed by atoms with E-state index >= 15 is 0 Å². The molecule has 3 heteroatoms. The lowest BCUT2D eigenvalue weighted by Gasteiger charge is -2.22. The number of benzene rings is 1. The van der Waals surface area contributed by atoms with Crippen molar-refractivity contribution in [1.82, 2.24) is 0 Å². The third kappa shape index (κ3) is 2.71. The van der Waals surface area contributed by atoms with E-state index in [2.05, 4.69) is 18.2 Å². The molecule has 1 saturated carbocycles. The van der Waals surface area contributed by atoms with Crippen LogP contribution < -0.4 is 0 Å². The van der Waals surface area contributed by atoms with Gasteiger partial charge < -0.3 is 4.43 Å². The van der Waals surface area contributed by atoms with Crippen LogP contribution in [0.5, 0.6) is 0 Å². The van der Waals surface area contributed by atoms with Gasteiger partial charge >= 0.3 is 0 Å². The summed E-state index contributed by atoms with van der Waals surface area (Å²) in [5, 5.41) is 0.657. The van der Waals surface area contributed by atoms with Crippen molar-refractivity contribution in [3.05, 3.63) is 35.4 Å². The molecule has 1 aliphatic rings. The number of hydrogen-bond donors (Lipinski definition) is 0. The predicted molar refractivity (Wildman–Crippen MR) is 75.0 cm³/mol. The molecule has 1 aliphatic carbocycles. The highest BCUT2D eigenvalue weighted by Gasteiger charge is 2.15. The first-order chi connectivity index (χ1) is 7.81. The van der Waals surface area contributed by atoms with Crippen LogP contribution in [-0.2, 0) is 4.43 Å². The van der Waals surface area contributed by atoms with E-state index in [9.17, 15) is 0 Å². The zero-order valence-corrected chi connectivity index (χ0v) is 12.6. The van der Waals surface area contributed by atoms with E-state index in [1.165, 1.54) is 37.7 Å². The topological polar surface area (TPSA) is 9.23 Å². The van der Waals surface area contributed by atoms with Crippen LogP contribution in [0, 0.1) is 0 Å². The fourth-order valence-electron chi connectivity index (χ4n) is 2.47. The molecule has 0 spiro atoms. The van der Waals surface area contributed by atoms with E-state index in [4.69, 9.17) is 16.6 Å². The second-order valence-electron chi connectivity index (χ2n) is 4.45. The summed E-state index contributed by atoms with van der Waals surface area (Å²) in [7, 11) is 0.674. The highest BCUT2D eigenvalue weighted by atomic mass is 32.1. The molecule has 0 unspecified atom stereocenters. The van der Waals surface area contributed by atoms with Crippen LogP contribution in [-0.4, -0.2) is 15.5 Å². The third-order valence-corrected chi connectivity index (χ3v) is 4.49. The van der Waals surface area contributed by atoms with Gasteiger partial charge in [-0.25, -0.2) is 0 Å². The van der Waals surface area contributed by atoms with E-state index in [1.54, 1.807) is 0 Å². The second kappa shape index (κ2) is 5.59. The summed E-state index contributed by atoms with van der Waals surface area (Å²) in [5.41, 5.74) is 2.52. The molecular formula is C13H18OSSi. The van der Waals surface area contributed by atoms with Gasteiger partial charge in [-0.05, 0) is 42.6 Å². The quantitative estimate of drug-likeness (QED) is 0.589. The predicted octanol–water partition coefficient (Wildman–Crippen LogP) is 2.71. The molecule has 16 heavy (non-hydrogen) atoms. The average Bonchev–Trinajstić information content (AvgIpc) is 2.39. The first-order valence-corrected chi connectivity index (χ1v) is 7.22. The molecule has 0 radical (unpaired) electrons. The Kier molecular flexibility index (Phi) is 4.13. The molecular weight excluding hydrogens is 232 g/mol. The minimum atomic E-state index is 0.657. The average molecular weight is 250 g/mol. The maximum absolute atomic E-state index is 5.25. The third-order valence-electron chi connectivity index (χ3n) is 3.38. The Bertz CT molecular complexity index is 372. The Balaban J connectivity index is 2.17. The van der Waals surface area contributed by atoms with Crippen LogP contribution in [0.3, 0.4) is 0 Å². The van der Waals surface area contributed by atoms with Crippen LogP contribution >= 0.6 is 12.2 Å². The van der Waals surface area contributed by atoms with Crippen LogP contribution in [0.25, 0.3) is 0 Å². The van der Waals surface area contributed by atoms with Gasteiger partial charge in [-0.2, -0.15) is 0 Å². The standard InChI is InChI=1S/C13H18OSSi/c15-13(14-16)12-8-4-7-11(9-12)10-5-2-1-3-6-10/h4,7-10H,1-3,5-6H2,16H3. The highest BCUT2D eigenvalue weighted by Crippen LogP contribution is 2.32. The van der Waals surface area contributed by atoms with Crippen molar-refractivity contribution < 1.29 is 4.43 Å². The fourth-order valence-corrected chi connectivity index (χ4v) is 2.84. The maximum Gasteiger partial charge on any atom is 0.205 e. The maximum atomic E-state index is 5.25. The lowest BCUT2D eigenvalue weighted by atomic mass is 9.84. The first kappa shape index (κ1) is 11.8. The number of thiocarbonyl (C=S) groups is 1. The molecule has 0 heterocycles. The molecule has 1 aromatic carbocycles. The van der Waals surface area contributed by atoms with E-state index < -0.39 is 0 Å². The SMILES string of the molecule is [SiH3]OC(=S)c1cccc(C2CCCCC2)c1. The molecule has 1 nitrogen and oxygen atoms in total. The van der Waals surface area contributed by atoms with Crippen LogP contribution in [0.4, 0.5) is 0 Å². The minimum absolute atomic E-state index is 0.657. The molecule has 1 aromatic rings. The zero-order chi connectivity index (χ0) is 11.4. The van der Waals surface area contributed by atoms with Gasteiger partial charge in [-0.1, -0.05) is 37.5 Å². The largest absolute Gasteiger partial charge is 0.545 e. The molecule has 2 rings (SSSR count). The second-order valence-corrected chi connectivity index (χ2v) is 5.23. The van der Waals surface area contributed by atoms with E-state index in [0.717, 1.165) is 11.5 Å². The Morgan fingerprint density at radius 2 is 2.00 bits per heavy atom. The van der Waals surface area contributed by atoms with Gasteiger partial charge in [0, 0.05) is 5.56 Å². The normalized spacial score (nSPS) is 17.2. The van der Waals surface area contributed by atoms with Crippen molar-refractivity contribution in [3.63, 3.8) is 0 Å². The molecule has 0 N–H and O–H groups in total. The Morgan fingerprint density at radius 1 is 1.25 bits per heavy atom. The fraction of sp³-hybridized carbons (Fsp3) is 0.462. The van der Waals surface area contributed by atoms with E-state index in [0.29, 0.717) is 15.5 Å². The highest BCUT2D eigenvalue weighted by molar-refractivity contribution is 7.80. The van der Waals surface area contributed by atoms with Crippen LogP contribution in [0.2, 0.25) is 0 Å². The monoisotopic (exact) mass is 250 g/mol. The lowest BCUT2D eigenvalue weighted by molar-refractivity contribution is 0.443. The Morgan fingerprint density at radius 3 is 2.69 bits per heavy atom. The van der Waals surface area contributed by atoms with Crippen molar-refractivity contribution in [2.45, 2.75) is 38.0 Å². The first-order valence-electron chi connectivity index (χ1n) is 5.99. The summed E-state index contributed by atoms with van der Waals surface area (Å²) in [6.07, 6.45) is 6.81. The van der Waals surface area contributed by atoms with Crippen molar-refractivity contribution >= 4 is 27.8 Å². The van der Waals surface area contributed by atoms with Gasteiger partial charge in [0.25, 0.3) is 0 Å². The summed E-state index contributed by atoms with van der Waals surface area (Å²) >= 11 is 5.20. The molecule has 1 fully saturated rings. The summed E-state index contributed by atoms with van der Waals surface area (Å²) in [4.78, 5) is 0. The van der Waals surface area contributed by atoms with Gasteiger partial charge in [0.15, 0.2) is 5.05 Å². The van der Waals surface area contributed by atoms with Gasteiger partial charge in [-0.3, -0.25) is 0 Å². The van der Waals surface area contributed by atoms with Gasteiger partial charge in [0.2, 0.25) is 10.5 Å². The molecule has 0 saturated heterocycles. The molecule has 0 atom stereocenters. The van der Waals surface area contributed by atoms with Gasteiger partial charge in [-0.15, -0.1) is 0 Å². The molecule has 0 aliphatic heterocycles. The Labute approximate surface area is 106 Å². The van der Waals surface area contributed by atoms with Gasteiger partial charge in [0.1, 0.15) is 0 Å². The Hall–Kier alpha value is -0.673. The summed E-state index contributed by atoms with van der Waals surface area (Å²) < 4.78 is 5.25. The summed E-state index contributed by atoms with van der Waals surface area (Å²) in [6, 6.07) is 8.60. The molecule has 0 amide bonds. The smallest absolute Gasteiger partial charge is 0.205 e. The van der Waals surface area contributed by atoms with Crippen molar-refractivity contribution in [3.8, 4) is 0 Å². The van der Waals surface area contributed by atoms with Crippen LogP contribution in [0.15, 0.2) is 24.3 Å². The number of rotatable bonds is 2. The van der Waals surface area contributed by atoms with E-state index in [1.807, 2.05) is 6.07 Å².